The Labute approximate surface area is 149 Å². The number of aryl methyl sites for hydroxylation is 1. The van der Waals surface area contributed by atoms with Crippen molar-refractivity contribution in [2.24, 2.45) is 0 Å². The molecule has 1 N–H and O–H groups in total. The van der Waals surface area contributed by atoms with Gasteiger partial charge in [-0.1, -0.05) is 12.1 Å². The number of methoxy groups -OCH3 is 1. The van der Waals surface area contributed by atoms with Crippen molar-refractivity contribution in [1.82, 2.24) is 10.2 Å². The molecule has 5 nitrogen and oxygen atoms in total. The summed E-state index contributed by atoms with van der Waals surface area (Å²) in [5.41, 5.74) is 1.23. The molecule has 2 aromatic rings. The summed E-state index contributed by atoms with van der Waals surface area (Å²) in [6.07, 6.45) is 2.53. The summed E-state index contributed by atoms with van der Waals surface area (Å²) < 4.78 is 10.8. The monoisotopic (exact) mass is 342 g/mol. The van der Waals surface area contributed by atoms with Crippen molar-refractivity contribution in [3.05, 3.63) is 53.5 Å². The van der Waals surface area contributed by atoms with E-state index >= 15 is 0 Å². The van der Waals surface area contributed by atoms with Crippen molar-refractivity contribution in [3.63, 3.8) is 0 Å². The maximum Gasteiger partial charge on any atom is 0.223 e. The van der Waals surface area contributed by atoms with E-state index in [-0.39, 0.29) is 5.91 Å². The van der Waals surface area contributed by atoms with Gasteiger partial charge in [0.25, 0.3) is 0 Å². The SMILES string of the molecule is COc1ccc(CNCCC2CCC(=O)N2Cc2ccc(C)o2)cc1. The highest BCUT2D eigenvalue weighted by Gasteiger charge is 2.30. The summed E-state index contributed by atoms with van der Waals surface area (Å²) in [5.74, 6) is 2.86. The molecule has 1 aromatic heterocycles. The van der Waals surface area contributed by atoms with Crippen LogP contribution >= 0.6 is 0 Å². The lowest BCUT2D eigenvalue weighted by atomic mass is 10.1. The zero-order valence-electron chi connectivity index (χ0n) is 15.0. The minimum atomic E-state index is 0.231. The van der Waals surface area contributed by atoms with Crippen LogP contribution in [0.3, 0.4) is 0 Å². The molecule has 1 unspecified atom stereocenters. The second-order valence-electron chi connectivity index (χ2n) is 6.54. The fourth-order valence-electron chi connectivity index (χ4n) is 3.29. The first-order valence-electron chi connectivity index (χ1n) is 8.84. The Bertz CT molecular complexity index is 693. The van der Waals surface area contributed by atoms with Crippen LogP contribution in [0.25, 0.3) is 0 Å². The largest absolute Gasteiger partial charge is 0.497 e. The molecule has 1 aliphatic heterocycles. The minimum absolute atomic E-state index is 0.231. The normalized spacial score (nSPS) is 17.3. The Balaban J connectivity index is 1.45. The third-order valence-corrected chi connectivity index (χ3v) is 4.72. The Morgan fingerprint density at radius 3 is 2.72 bits per heavy atom. The fraction of sp³-hybridized carbons (Fsp3) is 0.450. The van der Waals surface area contributed by atoms with Gasteiger partial charge in [0.1, 0.15) is 17.3 Å². The van der Waals surface area contributed by atoms with E-state index in [9.17, 15) is 4.79 Å². The van der Waals surface area contributed by atoms with Gasteiger partial charge in [-0.05, 0) is 56.1 Å². The molecule has 1 aliphatic rings. The van der Waals surface area contributed by atoms with Crippen molar-refractivity contribution >= 4 is 5.91 Å². The lowest BCUT2D eigenvalue weighted by Gasteiger charge is -2.24. The number of benzene rings is 1. The minimum Gasteiger partial charge on any atom is -0.497 e. The number of nitrogens with one attached hydrogen (secondary N) is 1. The molecule has 3 rings (SSSR count). The van der Waals surface area contributed by atoms with E-state index in [0.29, 0.717) is 19.0 Å². The second kappa shape index (κ2) is 8.21. The first kappa shape index (κ1) is 17.5. The van der Waals surface area contributed by atoms with Crippen LogP contribution in [0.1, 0.15) is 36.3 Å². The number of rotatable bonds is 8. The van der Waals surface area contributed by atoms with Gasteiger partial charge in [-0.25, -0.2) is 0 Å². The summed E-state index contributed by atoms with van der Waals surface area (Å²) in [7, 11) is 1.67. The Kier molecular flexibility index (Phi) is 5.76. The van der Waals surface area contributed by atoms with Crippen LogP contribution in [-0.2, 0) is 17.9 Å². The number of carbonyl (C=O) groups is 1. The highest BCUT2D eigenvalue weighted by molar-refractivity contribution is 5.78. The van der Waals surface area contributed by atoms with Gasteiger partial charge >= 0.3 is 0 Å². The highest BCUT2D eigenvalue weighted by atomic mass is 16.5. The lowest BCUT2D eigenvalue weighted by molar-refractivity contribution is -0.129. The van der Waals surface area contributed by atoms with Gasteiger partial charge in [-0.2, -0.15) is 0 Å². The zero-order valence-corrected chi connectivity index (χ0v) is 15.0. The molecule has 2 heterocycles. The average Bonchev–Trinajstić information content (AvgIpc) is 3.19. The van der Waals surface area contributed by atoms with Crippen LogP contribution in [0, 0.1) is 6.92 Å². The van der Waals surface area contributed by atoms with Crippen molar-refractivity contribution < 1.29 is 13.9 Å². The number of ether oxygens (including phenoxy) is 1. The van der Waals surface area contributed by atoms with Gasteiger partial charge < -0.3 is 19.4 Å². The van der Waals surface area contributed by atoms with Crippen molar-refractivity contribution in [2.75, 3.05) is 13.7 Å². The Morgan fingerprint density at radius 1 is 1.24 bits per heavy atom. The van der Waals surface area contributed by atoms with Gasteiger partial charge in [0.2, 0.25) is 5.91 Å². The molecule has 1 amide bonds. The first-order chi connectivity index (χ1) is 12.2. The van der Waals surface area contributed by atoms with E-state index < -0.39 is 0 Å². The number of likely N-dealkylation sites (tertiary alicyclic amines) is 1. The maximum atomic E-state index is 12.2. The van der Waals surface area contributed by atoms with Gasteiger partial charge in [-0.15, -0.1) is 0 Å². The molecule has 0 spiro atoms. The zero-order chi connectivity index (χ0) is 17.6. The Hall–Kier alpha value is -2.27. The molecule has 1 atom stereocenters. The van der Waals surface area contributed by atoms with E-state index in [1.54, 1.807) is 7.11 Å². The number of furan rings is 1. The number of hydrogen-bond acceptors (Lipinski definition) is 4. The topological polar surface area (TPSA) is 54.7 Å². The molecular weight excluding hydrogens is 316 g/mol. The van der Waals surface area contributed by atoms with E-state index in [1.165, 1.54) is 5.56 Å². The summed E-state index contributed by atoms with van der Waals surface area (Å²) in [5, 5.41) is 3.47. The third-order valence-electron chi connectivity index (χ3n) is 4.72. The Morgan fingerprint density at radius 2 is 2.04 bits per heavy atom. The van der Waals surface area contributed by atoms with Crippen molar-refractivity contribution in [2.45, 2.75) is 45.3 Å². The van der Waals surface area contributed by atoms with Gasteiger partial charge in [0, 0.05) is 19.0 Å². The summed E-state index contributed by atoms with van der Waals surface area (Å²) in [6.45, 7) is 4.21. The smallest absolute Gasteiger partial charge is 0.223 e. The van der Waals surface area contributed by atoms with Gasteiger partial charge in [0.05, 0.1) is 13.7 Å². The van der Waals surface area contributed by atoms with Crippen LogP contribution in [0.2, 0.25) is 0 Å². The second-order valence-corrected chi connectivity index (χ2v) is 6.54. The van der Waals surface area contributed by atoms with E-state index in [2.05, 4.69) is 17.4 Å². The van der Waals surface area contributed by atoms with Gasteiger partial charge in [-0.3, -0.25) is 4.79 Å². The van der Waals surface area contributed by atoms with Crippen LogP contribution in [0.15, 0.2) is 40.8 Å². The van der Waals surface area contributed by atoms with E-state index in [1.807, 2.05) is 36.1 Å². The summed E-state index contributed by atoms with van der Waals surface area (Å²) >= 11 is 0. The summed E-state index contributed by atoms with van der Waals surface area (Å²) in [6, 6.07) is 12.3. The molecular formula is C20H26N2O3. The van der Waals surface area contributed by atoms with Crippen LogP contribution in [-0.4, -0.2) is 30.5 Å². The standard InChI is InChI=1S/C20H26N2O3/c1-15-3-7-19(25-15)14-22-17(6-10-20(22)23)11-12-21-13-16-4-8-18(24-2)9-5-16/h3-5,7-9,17,21H,6,10-14H2,1-2H3. The number of hydrogen-bond donors (Lipinski definition) is 1. The van der Waals surface area contributed by atoms with Crippen LogP contribution < -0.4 is 10.1 Å². The van der Waals surface area contributed by atoms with Crippen LogP contribution in [0.4, 0.5) is 0 Å². The van der Waals surface area contributed by atoms with E-state index in [0.717, 1.165) is 43.2 Å². The van der Waals surface area contributed by atoms with Crippen LogP contribution in [0.5, 0.6) is 5.75 Å². The van der Waals surface area contributed by atoms with Crippen molar-refractivity contribution in [3.8, 4) is 5.75 Å². The number of nitrogens with zero attached hydrogens (tertiary/aromatic N) is 1. The fourth-order valence-corrected chi connectivity index (χ4v) is 3.29. The first-order valence-corrected chi connectivity index (χ1v) is 8.84. The predicted molar refractivity (Wildman–Crippen MR) is 96.3 cm³/mol. The van der Waals surface area contributed by atoms with E-state index in [4.69, 9.17) is 9.15 Å². The number of carbonyl (C=O) groups excluding carboxylic acids is 1. The molecule has 25 heavy (non-hydrogen) atoms. The molecule has 0 aliphatic carbocycles. The predicted octanol–water partition coefficient (Wildman–Crippen LogP) is 3.27. The quantitative estimate of drug-likeness (QED) is 0.748. The molecule has 1 saturated heterocycles. The third kappa shape index (κ3) is 4.63. The highest BCUT2D eigenvalue weighted by Crippen LogP contribution is 2.24. The summed E-state index contributed by atoms with van der Waals surface area (Å²) in [4.78, 5) is 14.1. The molecule has 0 radical (unpaired) electrons. The molecule has 5 heteroatoms. The average molecular weight is 342 g/mol. The molecule has 0 saturated carbocycles. The molecule has 1 aromatic carbocycles. The molecule has 0 bridgehead atoms. The molecule has 134 valence electrons. The van der Waals surface area contributed by atoms with Gasteiger partial charge in [0.15, 0.2) is 0 Å². The van der Waals surface area contributed by atoms with Crippen molar-refractivity contribution in [1.29, 1.82) is 0 Å². The molecule has 1 fully saturated rings. The number of amides is 1. The maximum absolute atomic E-state index is 12.2. The lowest BCUT2D eigenvalue weighted by Crippen LogP contribution is -2.34.